The predicted molar refractivity (Wildman–Crippen MR) is 113 cm³/mol. The van der Waals surface area contributed by atoms with E-state index < -0.39 is 0 Å². The Bertz CT molecular complexity index is 895. The van der Waals surface area contributed by atoms with Crippen molar-refractivity contribution in [3.63, 3.8) is 0 Å². The van der Waals surface area contributed by atoms with E-state index in [4.69, 9.17) is 9.98 Å². The Morgan fingerprint density at radius 3 is 2.69 bits per heavy atom. The van der Waals surface area contributed by atoms with Crippen LogP contribution in [0.15, 0.2) is 41.4 Å². The van der Waals surface area contributed by atoms with Crippen LogP contribution in [0.1, 0.15) is 39.2 Å². The topological polar surface area (TPSA) is 28.5 Å². The average Bonchev–Trinajstić information content (AvgIpc) is 2.63. The summed E-state index contributed by atoms with van der Waals surface area (Å²) in [5, 5.41) is 1.07. The second kappa shape index (κ2) is 8.74. The van der Waals surface area contributed by atoms with E-state index in [9.17, 15) is 0 Å². The van der Waals surface area contributed by atoms with E-state index >= 15 is 0 Å². The highest BCUT2D eigenvalue weighted by Gasteiger charge is 2.08. The van der Waals surface area contributed by atoms with Gasteiger partial charge in [0.2, 0.25) is 0 Å². The fourth-order valence-corrected chi connectivity index (χ4v) is 4.37. The van der Waals surface area contributed by atoms with Crippen molar-refractivity contribution in [1.29, 1.82) is 0 Å². The first kappa shape index (κ1) is 19.0. The highest BCUT2D eigenvalue weighted by atomic mass is 32.1. The molecule has 26 heavy (non-hydrogen) atoms. The number of fused-ring (bicyclic) bond motifs is 2. The molecule has 0 saturated heterocycles. The summed E-state index contributed by atoms with van der Waals surface area (Å²) in [6.07, 6.45) is 2.33. The van der Waals surface area contributed by atoms with Crippen LogP contribution < -0.4 is 5.36 Å². The maximum Gasteiger partial charge on any atom is 0.0811 e. The van der Waals surface area contributed by atoms with E-state index in [2.05, 4.69) is 69.0 Å². The molecule has 0 aromatic heterocycles. The fraction of sp³-hybridized carbons (Fsp3) is 0.455. The second-order valence-electron chi connectivity index (χ2n) is 6.98. The van der Waals surface area contributed by atoms with Gasteiger partial charge in [-0.1, -0.05) is 19.9 Å². The lowest BCUT2D eigenvalue weighted by molar-refractivity contribution is 0.294. The summed E-state index contributed by atoms with van der Waals surface area (Å²) in [5.74, 6) is 0. The van der Waals surface area contributed by atoms with Crippen molar-refractivity contribution in [3.05, 3.63) is 47.3 Å². The van der Waals surface area contributed by atoms with Gasteiger partial charge >= 0.3 is 0 Å². The monoisotopic (exact) mass is 367 g/mol. The Morgan fingerprint density at radius 2 is 1.92 bits per heavy atom. The Hall–Kier alpha value is -1.78. The molecule has 3 rings (SSSR count). The van der Waals surface area contributed by atoms with Crippen molar-refractivity contribution in [2.24, 2.45) is 4.99 Å². The molecule has 138 valence electrons. The molecule has 0 saturated carbocycles. The molecule has 3 nitrogen and oxygen atoms in total. The normalized spacial score (nSPS) is 13.8. The van der Waals surface area contributed by atoms with Crippen molar-refractivity contribution in [1.82, 2.24) is 9.88 Å². The molecule has 1 unspecified atom stereocenters. The first-order valence-corrected chi connectivity index (χ1v) is 10.5. The summed E-state index contributed by atoms with van der Waals surface area (Å²) in [5.41, 5.74) is 3.40. The van der Waals surface area contributed by atoms with E-state index in [0.717, 1.165) is 36.1 Å². The van der Waals surface area contributed by atoms with Gasteiger partial charge in [0, 0.05) is 6.04 Å². The molecule has 0 fully saturated rings. The van der Waals surface area contributed by atoms with Gasteiger partial charge in [-0.2, -0.15) is 0 Å². The Balaban J connectivity index is 1.78. The van der Waals surface area contributed by atoms with Crippen LogP contribution in [0.2, 0.25) is 0 Å². The van der Waals surface area contributed by atoms with Gasteiger partial charge in [0.15, 0.2) is 0 Å². The SMILES string of the molecule is CCN(CC)CCCC(C)N=c1ccc2nc3ccc(C)cc3sc-2c1. The van der Waals surface area contributed by atoms with Crippen molar-refractivity contribution in [2.45, 2.75) is 46.6 Å². The molecule has 1 aromatic carbocycles. The molecule has 2 aliphatic rings. The van der Waals surface area contributed by atoms with Crippen molar-refractivity contribution >= 4 is 21.6 Å². The predicted octanol–water partition coefficient (Wildman–Crippen LogP) is 5.12. The summed E-state index contributed by atoms with van der Waals surface area (Å²) in [6.45, 7) is 12.2. The third kappa shape index (κ3) is 4.68. The van der Waals surface area contributed by atoms with Gasteiger partial charge in [-0.25, -0.2) is 4.98 Å². The van der Waals surface area contributed by atoms with Gasteiger partial charge in [-0.15, -0.1) is 11.3 Å². The molecule has 4 heteroatoms. The minimum absolute atomic E-state index is 0.351. The highest BCUT2D eigenvalue weighted by Crippen LogP contribution is 2.29. The molecule has 1 heterocycles. The van der Waals surface area contributed by atoms with Crippen molar-refractivity contribution in [2.75, 3.05) is 19.6 Å². The van der Waals surface area contributed by atoms with Gasteiger partial charge in [0.1, 0.15) is 0 Å². The van der Waals surface area contributed by atoms with Gasteiger partial charge in [-0.3, -0.25) is 4.99 Å². The van der Waals surface area contributed by atoms with Crippen LogP contribution in [0, 0.1) is 6.92 Å². The average molecular weight is 368 g/mol. The number of aryl methyl sites for hydroxylation is 1. The molecule has 0 N–H and O–H groups in total. The molecule has 1 atom stereocenters. The Kier molecular flexibility index (Phi) is 6.38. The number of nitrogens with zero attached hydrogens (tertiary/aromatic N) is 3. The zero-order chi connectivity index (χ0) is 18.5. The van der Waals surface area contributed by atoms with Crippen LogP contribution in [0.3, 0.4) is 0 Å². The van der Waals surface area contributed by atoms with Crippen molar-refractivity contribution in [3.8, 4) is 10.6 Å². The van der Waals surface area contributed by atoms with Crippen LogP contribution in [0.25, 0.3) is 20.8 Å². The van der Waals surface area contributed by atoms with Gasteiger partial charge in [0.05, 0.1) is 26.1 Å². The van der Waals surface area contributed by atoms with Gasteiger partial charge < -0.3 is 4.90 Å². The van der Waals surface area contributed by atoms with Crippen LogP contribution in [0.5, 0.6) is 0 Å². The smallest absolute Gasteiger partial charge is 0.0811 e. The summed E-state index contributed by atoms with van der Waals surface area (Å²) >= 11 is 1.81. The van der Waals surface area contributed by atoms with Gasteiger partial charge in [0.25, 0.3) is 0 Å². The molecule has 0 radical (unpaired) electrons. The lowest BCUT2D eigenvalue weighted by Gasteiger charge is -2.18. The highest BCUT2D eigenvalue weighted by molar-refractivity contribution is 7.21. The van der Waals surface area contributed by atoms with Crippen molar-refractivity contribution < 1.29 is 0 Å². The lowest BCUT2D eigenvalue weighted by Crippen LogP contribution is -2.24. The zero-order valence-corrected chi connectivity index (χ0v) is 17.1. The summed E-state index contributed by atoms with van der Waals surface area (Å²) in [4.78, 5) is 13.4. The third-order valence-electron chi connectivity index (χ3n) is 4.88. The Labute approximate surface area is 160 Å². The molecule has 1 aromatic rings. The van der Waals surface area contributed by atoms with Crippen LogP contribution >= 0.6 is 11.3 Å². The molecular formula is C22H29N3S. The first-order chi connectivity index (χ1) is 12.6. The number of aromatic nitrogens is 1. The number of hydrogen-bond donors (Lipinski definition) is 0. The van der Waals surface area contributed by atoms with E-state index in [1.807, 2.05) is 0 Å². The number of hydrogen-bond acceptors (Lipinski definition) is 4. The standard InChI is InChI=1S/C22H29N3S/c1-5-25(6-2)13-7-8-17(4)23-18-10-12-20-22(15-18)26-21-14-16(3)9-11-19(21)24-20/h9-12,14-15,17H,5-8,13H2,1-4H3. The minimum atomic E-state index is 0.351. The largest absolute Gasteiger partial charge is 0.304 e. The maximum atomic E-state index is 4.92. The summed E-state index contributed by atoms with van der Waals surface area (Å²) in [7, 11) is 0. The van der Waals surface area contributed by atoms with E-state index in [1.54, 1.807) is 11.3 Å². The minimum Gasteiger partial charge on any atom is -0.304 e. The lowest BCUT2D eigenvalue weighted by atomic mass is 10.1. The van der Waals surface area contributed by atoms with E-state index in [-0.39, 0.29) is 0 Å². The zero-order valence-electron chi connectivity index (χ0n) is 16.3. The molecule has 0 amide bonds. The van der Waals surface area contributed by atoms with Crippen LogP contribution in [0.4, 0.5) is 0 Å². The molecule has 1 aliphatic carbocycles. The molecule has 0 bridgehead atoms. The molecule has 0 spiro atoms. The maximum absolute atomic E-state index is 4.92. The van der Waals surface area contributed by atoms with E-state index in [0.29, 0.717) is 6.04 Å². The van der Waals surface area contributed by atoms with Crippen LogP contribution in [-0.2, 0) is 0 Å². The number of benzene rings is 2. The summed E-state index contributed by atoms with van der Waals surface area (Å²) < 4.78 is 1.24. The molecular weight excluding hydrogens is 338 g/mol. The van der Waals surface area contributed by atoms with Crippen LogP contribution in [-0.4, -0.2) is 35.6 Å². The molecule has 1 aliphatic heterocycles. The first-order valence-electron chi connectivity index (χ1n) is 9.66. The Morgan fingerprint density at radius 1 is 1.12 bits per heavy atom. The fourth-order valence-electron chi connectivity index (χ4n) is 3.27. The third-order valence-corrected chi connectivity index (χ3v) is 5.97. The van der Waals surface area contributed by atoms with E-state index in [1.165, 1.54) is 28.1 Å². The van der Waals surface area contributed by atoms with Gasteiger partial charge in [-0.05, 0) is 82.2 Å². The summed E-state index contributed by atoms with van der Waals surface area (Å²) in [6, 6.07) is 13.2. The number of rotatable bonds is 7. The quantitative estimate of drug-likeness (QED) is 0.542. The second-order valence-corrected chi connectivity index (χ2v) is 8.07.